The lowest BCUT2D eigenvalue weighted by molar-refractivity contribution is -0.126. The van der Waals surface area contributed by atoms with Gasteiger partial charge in [0.25, 0.3) is 0 Å². The zero-order chi connectivity index (χ0) is 19.9. The lowest BCUT2D eigenvalue weighted by atomic mass is 9.95. The number of hydrogen-bond donors (Lipinski definition) is 1. The molecule has 0 bridgehead atoms. The molecule has 6 heteroatoms. The van der Waals surface area contributed by atoms with Crippen LogP contribution in [-0.2, 0) is 11.3 Å². The van der Waals surface area contributed by atoms with Crippen LogP contribution in [0.15, 0.2) is 47.4 Å². The fourth-order valence-electron chi connectivity index (χ4n) is 3.37. The van der Waals surface area contributed by atoms with Crippen molar-refractivity contribution < 1.29 is 4.79 Å². The van der Waals surface area contributed by atoms with Gasteiger partial charge in [0.15, 0.2) is 0 Å². The molecule has 0 unspecified atom stereocenters. The molecule has 1 aliphatic heterocycles. The van der Waals surface area contributed by atoms with Gasteiger partial charge in [0, 0.05) is 39.7 Å². The maximum absolute atomic E-state index is 12.4. The molecule has 150 valence electrons. The maximum Gasteiger partial charge on any atom is 0.223 e. The average molecular weight is 437 g/mol. The Labute approximate surface area is 181 Å². The number of carbonyl (C=O) groups excluding carboxylic acids is 1. The van der Waals surface area contributed by atoms with Gasteiger partial charge in [0.1, 0.15) is 0 Å². The van der Waals surface area contributed by atoms with Crippen LogP contribution in [0.4, 0.5) is 0 Å². The SMILES string of the molecule is Cc1ccc(SCCNC(=O)C2CCN(Cc3ccc(Cl)cc3Cl)CC2)cc1. The first kappa shape index (κ1) is 21.5. The van der Waals surface area contributed by atoms with Gasteiger partial charge in [0.05, 0.1) is 0 Å². The minimum Gasteiger partial charge on any atom is -0.355 e. The van der Waals surface area contributed by atoms with E-state index in [4.69, 9.17) is 23.2 Å². The van der Waals surface area contributed by atoms with Crippen molar-refractivity contribution in [1.82, 2.24) is 10.2 Å². The predicted octanol–water partition coefficient (Wildman–Crippen LogP) is 5.42. The Balaban J connectivity index is 1.36. The Kier molecular flexibility index (Phi) is 8.10. The van der Waals surface area contributed by atoms with Gasteiger partial charge in [-0.05, 0) is 62.7 Å². The third-order valence-electron chi connectivity index (χ3n) is 5.06. The molecule has 0 aromatic heterocycles. The summed E-state index contributed by atoms with van der Waals surface area (Å²) >= 11 is 14.0. The molecule has 0 radical (unpaired) electrons. The molecule has 2 aromatic carbocycles. The molecule has 28 heavy (non-hydrogen) atoms. The summed E-state index contributed by atoms with van der Waals surface area (Å²) < 4.78 is 0. The zero-order valence-corrected chi connectivity index (χ0v) is 18.4. The number of piperidine rings is 1. The van der Waals surface area contributed by atoms with Gasteiger partial charge >= 0.3 is 0 Å². The molecular weight excluding hydrogens is 411 g/mol. The first-order valence-corrected chi connectivity index (χ1v) is 11.4. The molecule has 1 fully saturated rings. The largest absolute Gasteiger partial charge is 0.355 e. The van der Waals surface area contributed by atoms with Crippen molar-refractivity contribution in [2.24, 2.45) is 5.92 Å². The Hall–Kier alpha value is -1.20. The van der Waals surface area contributed by atoms with E-state index in [-0.39, 0.29) is 11.8 Å². The number of thioether (sulfide) groups is 1. The average Bonchev–Trinajstić information content (AvgIpc) is 2.69. The number of amides is 1. The highest BCUT2D eigenvalue weighted by Gasteiger charge is 2.25. The van der Waals surface area contributed by atoms with Crippen LogP contribution >= 0.6 is 35.0 Å². The van der Waals surface area contributed by atoms with Crippen molar-refractivity contribution in [3.63, 3.8) is 0 Å². The van der Waals surface area contributed by atoms with Crippen LogP contribution in [0.1, 0.15) is 24.0 Å². The van der Waals surface area contributed by atoms with E-state index in [9.17, 15) is 4.79 Å². The molecule has 1 N–H and O–H groups in total. The highest BCUT2D eigenvalue weighted by molar-refractivity contribution is 7.99. The number of hydrogen-bond acceptors (Lipinski definition) is 3. The van der Waals surface area contributed by atoms with Gasteiger partial charge in [0.2, 0.25) is 5.91 Å². The van der Waals surface area contributed by atoms with E-state index in [1.807, 2.05) is 12.1 Å². The molecule has 0 atom stereocenters. The zero-order valence-electron chi connectivity index (χ0n) is 16.1. The number of benzene rings is 2. The van der Waals surface area contributed by atoms with E-state index < -0.39 is 0 Å². The van der Waals surface area contributed by atoms with Gasteiger partial charge in [-0.1, -0.05) is 47.0 Å². The Morgan fingerprint density at radius 3 is 2.54 bits per heavy atom. The minimum atomic E-state index is 0.112. The van der Waals surface area contributed by atoms with E-state index in [1.54, 1.807) is 17.8 Å². The molecule has 1 heterocycles. The van der Waals surface area contributed by atoms with Gasteiger partial charge in [-0.2, -0.15) is 0 Å². The number of halogens is 2. The number of carbonyl (C=O) groups is 1. The van der Waals surface area contributed by atoms with Crippen LogP contribution in [0.3, 0.4) is 0 Å². The van der Waals surface area contributed by atoms with E-state index in [0.717, 1.165) is 43.8 Å². The smallest absolute Gasteiger partial charge is 0.223 e. The summed E-state index contributed by atoms with van der Waals surface area (Å²) in [7, 11) is 0. The van der Waals surface area contributed by atoms with Gasteiger partial charge in [-0.25, -0.2) is 0 Å². The Bertz CT molecular complexity index is 790. The van der Waals surface area contributed by atoms with E-state index in [1.165, 1.54) is 10.5 Å². The lowest BCUT2D eigenvalue weighted by Gasteiger charge is -2.31. The van der Waals surface area contributed by atoms with Crippen LogP contribution in [0.2, 0.25) is 10.0 Å². The topological polar surface area (TPSA) is 32.3 Å². The number of aryl methyl sites for hydroxylation is 1. The summed E-state index contributed by atoms with van der Waals surface area (Å²) in [5, 5.41) is 4.46. The van der Waals surface area contributed by atoms with Crippen molar-refractivity contribution in [2.45, 2.75) is 31.2 Å². The second-order valence-electron chi connectivity index (χ2n) is 7.24. The van der Waals surface area contributed by atoms with Gasteiger partial charge in [-0.15, -0.1) is 11.8 Å². The predicted molar refractivity (Wildman–Crippen MR) is 119 cm³/mol. The molecule has 1 amide bonds. The van der Waals surface area contributed by atoms with Crippen LogP contribution in [0, 0.1) is 12.8 Å². The molecule has 3 nitrogen and oxygen atoms in total. The summed E-state index contributed by atoms with van der Waals surface area (Å²) in [6.45, 7) is 5.42. The van der Waals surface area contributed by atoms with Crippen molar-refractivity contribution in [3.05, 3.63) is 63.6 Å². The quantitative estimate of drug-likeness (QED) is 0.464. The molecule has 0 spiro atoms. The molecule has 0 aliphatic carbocycles. The fourth-order valence-corrected chi connectivity index (χ4v) is 4.60. The van der Waals surface area contributed by atoms with Crippen LogP contribution < -0.4 is 5.32 Å². The third-order valence-corrected chi connectivity index (χ3v) is 6.66. The highest BCUT2D eigenvalue weighted by Crippen LogP contribution is 2.25. The highest BCUT2D eigenvalue weighted by atomic mass is 35.5. The van der Waals surface area contributed by atoms with Crippen LogP contribution in [0.25, 0.3) is 0 Å². The van der Waals surface area contributed by atoms with Crippen molar-refractivity contribution in [1.29, 1.82) is 0 Å². The first-order valence-electron chi connectivity index (χ1n) is 9.65. The monoisotopic (exact) mass is 436 g/mol. The third kappa shape index (κ3) is 6.41. The number of nitrogens with one attached hydrogen (secondary N) is 1. The normalized spacial score (nSPS) is 15.5. The van der Waals surface area contributed by atoms with Gasteiger partial charge in [-0.3, -0.25) is 9.69 Å². The Morgan fingerprint density at radius 2 is 1.86 bits per heavy atom. The molecule has 0 saturated carbocycles. The first-order chi connectivity index (χ1) is 13.5. The number of likely N-dealkylation sites (tertiary alicyclic amines) is 1. The minimum absolute atomic E-state index is 0.112. The standard InChI is InChI=1S/C22H26Cl2N2OS/c1-16-2-6-20(7-3-16)28-13-10-25-22(27)17-8-11-26(12-9-17)15-18-4-5-19(23)14-21(18)24/h2-7,14,17H,8-13,15H2,1H3,(H,25,27). The maximum atomic E-state index is 12.4. The fraction of sp³-hybridized carbons (Fsp3) is 0.409. The van der Waals surface area contributed by atoms with Crippen LogP contribution in [-0.4, -0.2) is 36.2 Å². The lowest BCUT2D eigenvalue weighted by Crippen LogP contribution is -2.40. The van der Waals surface area contributed by atoms with E-state index >= 15 is 0 Å². The number of rotatable bonds is 7. The van der Waals surface area contributed by atoms with Gasteiger partial charge < -0.3 is 5.32 Å². The summed E-state index contributed by atoms with van der Waals surface area (Å²) in [4.78, 5) is 16.0. The van der Waals surface area contributed by atoms with Crippen molar-refractivity contribution >= 4 is 40.9 Å². The molecule has 2 aromatic rings. The summed E-state index contributed by atoms with van der Waals surface area (Å²) in [5.41, 5.74) is 2.35. The number of nitrogens with zero attached hydrogens (tertiary/aromatic N) is 1. The summed E-state index contributed by atoms with van der Waals surface area (Å²) in [6, 6.07) is 14.1. The molecular formula is C22H26Cl2N2OS. The second-order valence-corrected chi connectivity index (χ2v) is 9.25. The van der Waals surface area contributed by atoms with Crippen molar-refractivity contribution in [2.75, 3.05) is 25.4 Å². The molecule has 3 rings (SSSR count). The Morgan fingerprint density at radius 1 is 1.14 bits per heavy atom. The molecule has 1 saturated heterocycles. The van der Waals surface area contributed by atoms with E-state index in [2.05, 4.69) is 41.4 Å². The van der Waals surface area contributed by atoms with Crippen molar-refractivity contribution in [3.8, 4) is 0 Å². The summed E-state index contributed by atoms with van der Waals surface area (Å²) in [5.74, 6) is 1.19. The molecule has 1 aliphatic rings. The summed E-state index contributed by atoms with van der Waals surface area (Å²) in [6.07, 6.45) is 1.78. The van der Waals surface area contributed by atoms with E-state index in [0.29, 0.717) is 16.6 Å². The second kappa shape index (κ2) is 10.5. The van der Waals surface area contributed by atoms with Crippen LogP contribution in [0.5, 0.6) is 0 Å².